The minimum atomic E-state index is -0.757. The number of benzene rings is 1. The average Bonchev–Trinajstić information content (AvgIpc) is 3.23. The topological polar surface area (TPSA) is 62.7 Å². The molecule has 1 aliphatic carbocycles. The number of carbonyl (C=O) groups is 1. The van der Waals surface area contributed by atoms with Gasteiger partial charge in [-0.25, -0.2) is 4.79 Å². The molecule has 1 N–H and O–H groups in total. The molecule has 0 amide bonds. The van der Waals surface area contributed by atoms with Crippen molar-refractivity contribution >= 4 is 11.8 Å². The highest BCUT2D eigenvalue weighted by molar-refractivity contribution is 5.80. The number of pyridine rings is 1. The molecular formula is C18H18N2O3. The van der Waals surface area contributed by atoms with Crippen molar-refractivity contribution in [3.8, 4) is 5.88 Å². The second kappa shape index (κ2) is 5.57. The van der Waals surface area contributed by atoms with Crippen molar-refractivity contribution in [2.75, 3.05) is 11.4 Å². The molecule has 0 bridgehead atoms. The van der Waals surface area contributed by atoms with Crippen LogP contribution in [0.15, 0.2) is 48.5 Å². The summed E-state index contributed by atoms with van der Waals surface area (Å²) in [7, 11) is 0. The summed E-state index contributed by atoms with van der Waals surface area (Å²) in [6, 6.07) is 15.0. The van der Waals surface area contributed by atoms with Gasteiger partial charge in [-0.15, -0.1) is 0 Å². The molecule has 1 saturated heterocycles. The maximum atomic E-state index is 11.5. The highest BCUT2D eigenvalue weighted by Crippen LogP contribution is 2.50. The zero-order valence-corrected chi connectivity index (χ0v) is 12.6. The van der Waals surface area contributed by atoms with Crippen LogP contribution in [0.1, 0.15) is 12.0 Å². The maximum absolute atomic E-state index is 11.5. The van der Waals surface area contributed by atoms with Crippen LogP contribution >= 0.6 is 0 Å². The van der Waals surface area contributed by atoms with Gasteiger partial charge in [0, 0.05) is 12.6 Å². The van der Waals surface area contributed by atoms with Crippen LogP contribution in [0, 0.1) is 11.8 Å². The number of piperidine rings is 1. The number of ether oxygens (including phenoxy) is 1. The van der Waals surface area contributed by atoms with Gasteiger partial charge < -0.3 is 14.7 Å². The van der Waals surface area contributed by atoms with E-state index in [-0.39, 0.29) is 5.92 Å². The summed E-state index contributed by atoms with van der Waals surface area (Å²) in [6.07, 6.45) is 1.03. The van der Waals surface area contributed by atoms with E-state index >= 15 is 0 Å². The lowest BCUT2D eigenvalue weighted by molar-refractivity contribution is -0.138. The molecule has 2 fully saturated rings. The smallest absolute Gasteiger partial charge is 0.326 e. The first-order chi connectivity index (χ1) is 11.2. The van der Waals surface area contributed by atoms with Crippen molar-refractivity contribution in [2.45, 2.75) is 19.1 Å². The van der Waals surface area contributed by atoms with Crippen LogP contribution in [0.5, 0.6) is 5.88 Å². The third-order valence-corrected chi connectivity index (χ3v) is 4.64. The minimum absolute atomic E-state index is 0.281. The third-order valence-electron chi connectivity index (χ3n) is 4.64. The number of hydrogen-bond acceptors (Lipinski definition) is 4. The normalized spacial score (nSPS) is 25.0. The van der Waals surface area contributed by atoms with Gasteiger partial charge in [0.25, 0.3) is 0 Å². The molecule has 5 nitrogen and oxygen atoms in total. The monoisotopic (exact) mass is 310 g/mol. The Morgan fingerprint density at radius 1 is 1.22 bits per heavy atom. The lowest BCUT2D eigenvalue weighted by Gasteiger charge is -2.25. The van der Waals surface area contributed by atoms with Crippen LogP contribution in [0.3, 0.4) is 0 Å². The first-order valence-electron chi connectivity index (χ1n) is 7.85. The zero-order chi connectivity index (χ0) is 15.8. The fraction of sp³-hybridized carbons (Fsp3) is 0.333. The van der Waals surface area contributed by atoms with E-state index < -0.39 is 12.0 Å². The molecule has 2 aromatic rings. The van der Waals surface area contributed by atoms with E-state index in [4.69, 9.17) is 4.74 Å². The van der Waals surface area contributed by atoms with Crippen LogP contribution in [-0.4, -0.2) is 28.6 Å². The number of rotatable bonds is 5. The van der Waals surface area contributed by atoms with Crippen molar-refractivity contribution in [1.29, 1.82) is 0 Å². The summed E-state index contributed by atoms with van der Waals surface area (Å²) in [4.78, 5) is 17.9. The van der Waals surface area contributed by atoms with E-state index in [1.54, 1.807) is 6.07 Å². The average molecular weight is 310 g/mol. The summed E-state index contributed by atoms with van der Waals surface area (Å²) in [5.41, 5.74) is 1.07. The van der Waals surface area contributed by atoms with Gasteiger partial charge in [-0.3, -0.25) is 0 Å². The number of aromatic nitrogens is 1. The van der Waals surface area contributed by atoms with Gasteiger partial charge in [-0.1, -0.05) is 36.4 Å². The van der Waals surface area contributed by atoms with Crippen molar-refractivity contribution in [3.05, 3.63) is 54.1 Å². The Morgan fingerprint density at radius 3 is 2.83 bits per heavy atom. The predicted octanol–water partition coefficient (Wildman–Crippen LogP) is 2.57. The molecule has 5 heteroatoms. The van der Waals surface area contributed by atoms with E-state index in [9.17, 15) is 9.90 Å². The standard InChI is InChI=1S/C18H18N2O3/c21-18(22)17-14-9-13(14)10-20(17)15-7-4-8-16(19-15)23-11-12-5-2-1-3-6-12/h1-8,13-14,17H,9-11H2,(H,21,22). The number of carboxylic acids is 1. The Morgan fingerprint density at radius 2 is 2.04 bits per heavy atom. The van der Waals surface area contributed by atoms with Gasteiger partial charge in [-0.2, -0.15) is 4.98 Å². The Bertz CT molecular complexity index is 719. The number of fused-ring (bicyclic) bond motifs is 1. The van der Waals surface area contributed by atoms with Gasteiger partial charge in [0.15, 0.2) is 0 Å². The van der Waals surface area contributed by atoms with Crippen LogP contribution in [-0.2, 0) is 11.4 Å². The summed E-state index contributed by atoms with van der Waals surface area (Å²) >= 11 is 0. The number of aliphatic carboxylic acids is 1. The Kier molecular flexibility index (Phi) is 3.41. The number of nitrogens with zero attached hydrogens (tertiary/aromatic N) is 2. The lowest BCUT2D eigenvalue weighted by Crippen LogP contribution is -2.39. The van der Waals surface area contributed by atoms with Gasteiger partial charge in [0.05, 0.1) is 0 Å². The van der Waals surface area contributed by atoms with Crippen molar-refractivity contribution < 1.29 is 14.6 Å². The molecule has 4 rings (SSSR count). The number of carboxylic acid groups (broad SMARTS) is 1. The van der Waals surface area contributed by atoms with Crippen molar-refractivity contribution in [1.82, 2.24) is 4.98 Å². The second-order valence-corrected chi connectivity index (χ2v) is 6.20. The summed E-state index contributed by atoms with van der Waals surface area (Å²) < 4.78 is 5.74. The van der Waals surface area contributed by atoms with Gasteiger partial charge in [0.1, 0.15) is 18.5 Å². The molecule has 2 heterocycles. The maximum Gasteiger partial charge on any atom is 0.326 e. The second-order valence-electron chi connectivity index (χ2n) is 6.20. The molecule has 3 unspecified atom stereocenters. The van der Waals surface area contributed by atoms with E-state index in [0.29, 0.717) is 24.2 Å². The molecule has 1 aliphatic heterocycles. The Labute approximate surface area is 134 Å². The third kappa shape index (κ3) is 2.74. The first-order valence-corrected chi connectivity index (χ1v) is 7.85. The van der Waals surface area contributed by atoms with Crippen LogP contribution in [0.25, 0.3) is 0 Å². The Hall–Kier alpha value is -2.56. The summed E-state index contributed by atoms with van der Waals surface area (Å²) in [5, 5.41) is 9.46. The van der Waals surface area contributed by atoms with E-state index in [1.807, 2.05) is 47.4 Å². The molecule has 2 aliphatic rings. The summed E-state index contributed by atoms with van der Waals surface area (Å²) in [5.74, 6) is 1.24. The fourth-order valence-corrected chi connectivity index (χ4v) is 3.39. The van der Waals surface area contributed by atoms with Gasteiger partial charge >= 0.3 is 5.97 Å². The van der Waals surface area contributed by atoms with E-state index in [0.717, 1.165) is 18.5 Å². The van der Waals surface area contributed by atoms with Crippen LogP contribution < -0.4 is 9.64 Å². The van der Waals surface area contributed by atoms with Crippen LogP contribution in [0.2, 0.25) is 0 Å². The quantitative estimate of drug-likeness (QED) is 0.919. The first kappa shape index (κ1) is 14.1. The highest BCUT2D eigenvalue weighted by Gasteiger charge is 2.56. The van der Waals surface area contributed by atoms with E-state index in [1.165, 1.54) is 0 Å². The highest BCUT2D eigenvalue weighted by atomic mass is 16.5. The van der Waals surface area contributed by atoms with Gasteiger partial charge in [-0.05, 0) is 29.9 Å². The largest absolute Gasteiger partial charge is 0.480 e. The molecule has 0 radical (unpaired) electrons. The molecule has 1 aromatic carbocycles. The van der Waals surface area contributed by atoms with Crippen LogP contribution in [0.4, 0.5) is 5.82 Å². The van der Waals surface area contributed by atoms with Crippen molar-refractivity contribution in [3.63, 3.8) is 0 Å². The molecular weight excluding hydrogens is 292 g/mol. The lowest BCUT2D eigenvalue weighted by atomic mass is 10.2. The summed E-state index contributed by atoms with van der Waals surface area (Å²) in [6.45, 7) is 1.22. The molecule has 3 atom stereocenters. The van der Waals surface area contributed by atoms with Crippen molar-refractivity contribution in [2.24, 2.45) is 11.8 Å². The Balaban J connectivity index is 1.49. The number of anilines is 1. The van der Waals surface area contributed by atoms with Gasteiger partial charge in [0.2, 0.25) is 5.88 Å². The fourth-order valence-electron chi connectivity index (χ4n) is 3.39. The number of hydrogen-bond donors (Lipinski definition) is 1. The molecule has 1 saturated carbocycles. The minimum Gasteiger partial charge on any atom is -0.480 e. The predicted molar refractivity (Wildman–Crippen MR) is 85.4 cm³/mol. The zero-order valence-electron chi connectivity index (χ0n) is 12.6. The molecule has 118 valence electrons. The molecule has 0 spiro atoms. The molecule has 1 aromatic heterocycles. The molecule has 23 heavy (non-hydrogen) atoms. The van der Waals surface area contributed by atoms with E-state index in [2.05, 4.69) is 4.98 Å². The SMILES string of the molecule is O=C(O)C1C2CC2CN1c1cccc(OCc2ccccc2)n1.